The number of nitrogens with zero attached hydrogens (tertiary/aromatic N) is 2. The fourth-order valence-electron chi connectivity index (χ4n) is 5.25. The highest BCUT2D eigenvalue weighted by molar-refractivity contribution is 5.83. The number of fused-ring (bicyclic) bond motifs is 2. The molecule has 0 radical (unpaired) electrons. The quantitative estimate of drug-likeness (QED) is 0.635. The van der Waals surface area contributed by atoms with Gasteiger partial charge in [0.1, 0.15) is 5.82 Å². The van der Waals surface area contributed by atoms with Crippen molar-refractivity contribution in [1.29, 1.82) is 0 Å². The van der Waals surface area contributed by atoms with Crippen molar-refractivity contribution in [3.63, 3.8) is 0 Å². The molecule has 152 valence electrons. The third-order valence-corrected chi connectivity index (χ3v) is 6.81. The summed E-state index contributed by atoms with van der Waals surface area (Å²) in [6.07, 6.45) is 8.13. The number of aromatic nitrogens is 1. The van der Waals surface area contributed by atoms with Crippen LogP contribution in [-0.4, -0.2) is 42.6 Å². The number of aromatic amines is 1. The van der Waals surface area contributed by atoms with E-state index in [9.17, 15) is 4.39 Å². The maximum absolute atomic E-state index is 13.7. The fraction of sp³-hybridized carbons (Fsp3) is 0.440. The molecule has 1 N–H and O–H groups in total. The summed E-state index contributed by atoms with van der Waals surface area (Å²) in [5.41, 5.74) is 5.30. The van der Waals surface area contributed by atoms with E-state index in [1.165, 1.54) is 55.2 Å². The molecular weight excluding hydrogens is 361 g/mol. The molecular formula is C25H30FN3. The number of halogens is 1. The second-order valence-corrected chi connectivity index (χ2v) is 8.62. The van der Waals surface area contributed by atoms with E-state index in [4.69, 9.17) is 0 Å². The van der Waals surface area contributed by atoms with Crippen LogP contribution in [0.2, 0.25) is 0 Å². The summed E-state index contributed by atoms with van der Waals surface area (Å²) in [4.78, 5) is 8.51. The van der Waals surface area contributed by atoms with Crippen molar-refractivity contribution in [3.05, 3.63) is 65.6 Å². The molecule has 5 rings (SSSR count). The van der Waals surface area contributed by atoms with E-state index in [2.05, 4.69) is 45.2 Å². The molecule has 29 heavy (non-hydrogen) atoms. The highest BCUT2D eigenvalue weighted by atomic mass is 19.1. The molecule has 3 nitrogen and oxygen atoms in total. The van der Waals surface area contributed by atoms with Crippen LogP contribution in [0, 0.1) is 5.82 Å². The van der Waals surface area contributed by atoms with Crippen LogP contribution < -0.4 is 4.90 Å². The summed E-state index contributed by atoms with van der Waals surface area (Å²) in [6.45, 7) is 5.80. The normalized spacial score (nSPS) is 18.3. The lowest BCUT2D eigenvalue weighted by Crippen LogP contribution is -2.36. The number of hydrogen-bond donors (Lipinski definition) is 1. The van der Waals surface area contributed by atoms with Gasteiger partial charge in [-0.15, -0.1) is 0 Å². The summed E-state index contributed by atoms with van der Waals surface area (Å²) in [5, 5.41) is 1.06. The Morgan fingerprint density at radius 2 is 1.86 bits per heavy atom. The highest BCUT2D eigenvalue weighted by Crippen LogP contribution is 2.33. The van der Waals surface area contributed by atoms with Crippen molar-refractivity contribution in [2.24, 2.45) is 0 Å². The van der Waals surface area contributed by atoms with Crippen molar-refractivity contribution in [1.82, 2.24) is 9.88 Å². The lowest BCUT2D eigenvalue weighted by Gasteiger charge is -2.34. The van der Waals surface area contributed by atoms with Crippen LogP contribution in [0.1, 0.15) is 42.7 Å². The molecule has 3 aromatic rings. The van der Waals surface area contributed by atoms with Crippen LogP contribution in [0.3, 0.4) is 0 Å². The summed E-state index contributed by atoms with van der Waals surface area (Å²) >= 11 is 0. The molecule has 4 heteroatoms. The van der Waals surface area contributed by atoms with Crippen molar-refractivity contribution in [2.45, 2.75) is 38.0 Å². The van der Waals surface area contributed by atoms with Gasteiger partial charge in [0, 0.05) is 35.9 Å². The number of rotatable bonds is 5. The second kappa shape index (κ2) is 8.19. The van der Waals surface area contributed by atoms with E-state index in [-0.39, 0.29) is 5.82 Å². The zero-order valence-electron chi connectivity index (χ0n) is 17.0. The van der Waals surface area contributed by atoms with E-state index in [0.29, 0.717) is 5.92 Å². The van der Waals surface area contributed by atoms with Gasteiger partial charge in [0.2, 0.25) is 0 Å². The zero-order chi connectivity index (χ0) is 19.6. The Kier molecular flexibility index (Phi) is 5.28. The molecule has 3 heterocycles. The number of nitrogens with one attached hydrogen (secondary N) is 1. The van der Waals surface area contributed by atoms with Crippen molar-refractivity contribution < 1.29 is 4.39 Å². The standard InChI is InChI=1S/C25H30FN3/c26-21-8-9-24-22(17-21)23(18-27-24)19-10-15-28(16-11-19)12-4-14-29-13-3-6-20-5-1-2-7-25(20)29/h1-2,5,7-9,17-19,27H,3-4,6,10-16H2. The molecule has 0 bridgehead atoms. The molecule has 1 fully saturated rings. The molecule has 1 saturated heterocycles. The molecule has 0 aliphatic carbocycles. The summed E-state index contributed by atoms with van der Waals surface area (Å²) in [7, 11) is 0. The number of likely N-dealkylation sites (tertiary alicyclic amines) is 1. The Morgan fingerprint density at radius 1 is 1.00 bits per heavy atom. The third kappa shape index (κ3) is 3.91. The minimum Gasteiger partial charge on any atom is -0.371 e. The van der Waals surface area contributed by atoms with Crippen LogP contribution >= 0.6 is 0 Å². The number of benzene rings is 2. The Labute approximate surface area is 172 Å². The molecule has 0 amide bonds. The molecule has 2 aliphatic heterocycles. The Balaban J connectivity index is 1.14. The first-order valence-electron chi connectivity index (χ1n) is 11.1. The smallest absolute Gasteiger partial charge is 0.123 e. The van der Waals surface area contributed by atoms with Gasteiger partial charge in [-0.25, -0.2) is 4.39 Å². The summed E-state index contributed by atoms with van der Waals surface area (Å²) < 4.78 is 13.7. The third-order valence-electron chi connectivity index (χ3n) is 6.81. The van der Waals surface area contributed by atoms with Crippen molar-refractivity contribution >= 4 is 16.6 Å². The van der Waals surface area contributed by atoms with E-state index in [1.807, 2.05) is 6.07 Å². The van der Waals surface area contributed by atoms with Crippen LogP contribution in [0.25, 0.3) is 10.9 Å². The Hall–Kier alpha value is -2.33. The SMILES string of the molecule is Fc1ccc2[nH]cc(C3CCN(CCCN4CCCc5ccccc54)CC3)c2c1. The van der Waals surface area contributed by atoms with Gasteiger partial charge in [0.05, 0.1) is 0 Å². The largest absolute Gasteiger partial charge is 0.371 e. The minimum atomic E-state index is -0.143. The molecule has 0 spiro atoms. The van der Waals surface area contributed by atoms with Gasteiger partial charge in [-0.3, -0.25) is 0 Å². The van der Waals surface area contributed by atoms with Gasteiger partial charge in [0.15, 0.2) is 0 Å². The topological polar surface area (TPSA) is 22.3 Å². The van der Waals surface area contributed by atoms with Gasteiger partial charge in [0.25, 0.3) is 0 Å². The van der Waals surface area contributed by atoms with Gasteiger partial charge in [-0.2, -0.15) is 0 Å². The molecule has 2 aliphatic rings. The van der Waals surface area contributed by atoms with Gasteiger partial charge < -0.3 is 14.8 Å². The Morgan fingerprint density at radius 3 is 2.76 bits per heavy atom. The van der Waals surface area contributed by atoms with E-state index >= 15 is 0 Å². The predicted molar refractivity (Wildman–Crippen MR) is 118 cm³/mol. The van der Waals surface area contributed by atoms with Crippen LogP contribution in [0.15, 0.2) is 48.7 Å². The second-order valence-electron chi connectivity index (χ2n) is 8.62. The van der Waals surface area contributed by atoms with Crippen molar-refractivity contribution in [2.75, 3.05) is 37.6 Å². The number of aryl methyl sites for hydroxylation is 1. The molecule has 0 unspecified atom stereocenters. The lowest BCUT2D eigenvalue weighted by atomic mass is 9.89. The first-order chi connectivity index (χ1) is 14.3. The van der Waals surface area contributed by atoms with E-state index in [1.54, 1.807) is 6.07 Å². The Bertz CT molecular complexity index is 971. The summed E-state index contributed by atoms with van der Waals surface area (Å²) in [6, 6.07) is 14.0. The maximum atomic E-state index is 13.7. The maximum Gasteiger partial charge on any atom is 0.123 e. The van der Waals surface area contributed by atoms with Crippen molar-refractivity contribution in [3.8, 4) is 0 Å². The number of anilines is 1. The predicted octanol–water partition coefficient (Wildman–Crippen LogP) is 5.33. The fourth-order valence-corrected chi connectivity index (χ4v) is 5.25. The van der Waals surface area contributed by atoms with E-state index < -0.39 is 0 Å². The van der Waals surface area contributed by atoms with Crippen LogP contribution in [0.5, 0.6) is 0 Å². The lowest BCUT2D eigenvalue weighted by molar-refractivity contribution is 0.211. The van der Waals surface area contributed by atoms with Crippen LogP contribution in [-0.2, 0) is 6.42 Å². The highest BCUT2D eigenvalue weighted by Gasteiger charge is 2.23. The van der Waals surface area contributed by atoms with E-state index in [0.717, 1.165) is 43.4 Å². The molecule has 1 aromatic heterocycles. The summed E-state index contributed by atoms with van der Waals surface area (Å²) in [5.74, 6) is 0.394. The number of hydrogen-bond acceptors (Lipinski definition) is 2. The number of H-pyrrole nitrogens is 1. The molecule has 0 saturated carbocycles. The number of piperidine rings is 1. The van der Waals surface area contributed by atoms with Crippen LogP contribution in [0.4, 0.5) is 10.1 Å². The van der Waals surface area contributed by atoms with Gasteiger partial charge >= 0.3 is 0 Å². The average Bonchev–Trinajstić information content (AvgIpc) is 3.17. The molecule has 2 aromatic carbocycles. The monoisotopic (exact) mass is 391 g/mol. The average molecular weight is 392 g/mol. The first kappa shape index (κ1) is 18.7. The number of para-hydroxylation sites is 1. The molecule has 0 atom stereocenters. The van der Waals surface area contributed by atoms with Gasteiger partial charge in [-0.1, -0.05) is 18.2 Å². The minimum absolute atomic E-state index is 0.143. The van der Waals surface area contributed by atoms with Gasteiger partial charge in [-0.05, 0) is 93.0 Å². The zero-order valence-corrected chi connectivity index (χ0v) is 17.0. The first-order valence-corrected chi connectivity index (χ1v) is 11.1.